The van der Waals surface area contributed by atoms with Gasteiger partial charge < -0.3 is 14.1 Å². The van der Waals surface area contributed by atoms with Crippen LogP contribution >= 0.6 is 34.5 Å². The number of benzene rings is 1. The highest BCUT2D eigenvalue weighted by molar-refractivity contribution is 7.16. The summed E-state index contributed by atoms with van der Waals surface area (Å²) in [6.45, 7) is 5.40. The van der Waals surface area contributed by atoms with E-state index in [1.54, 1.807) is 28.4 Å². The lowest BCUT2D eigenvalue weighted by Gasteiger charge is -2.34. The van der Waals surface area contributed by atoms with E-state index in [0.29, 0.717) is 29.4 Å². The number of fused-ring (bicyclic) bond motifs is 1. The summed E-state index contributed by atoms with van der Waals surface area (Å²) in [6.07, 6.45) is 0. The molecule has 0 saturated carbocycles. The van der Waals surface area contributed by atoms with Gasteiger partial charge >= 0.3 is 5.63 Å². The van der Waals surface area contributed by atoms with Gasteiger partial charge in [-0.25, -0.2) is 4.79 Å². The van der Waals surface area contributed by atoms with E-state index in [2.05, 4.69) is 4.90 Å². The molecule has 1 aromatic carbocycles. The van der Waals surface area contributed by atoms with Crippen LogP contribution in [0.1, 0.15) is 10.4 Å². The third kappa shape index (κ3) is 4.81. The average Bonchev–Trinajstić information content (AvgIpc) is 3.12. The smallest absolute Gasteiger partial charge is 0.336 e. The molecule has 3 heterocycles. The maximum absolute atomic E-state index is 12.6. The second kappa shape index (κ2) is 8.98. The first-order valence-electron chi connectivity index (χ1n) is 9.50. The number of amides is 1. The highest BCUT2D eigenvalue weighted by atomic mass is 35.5. The number of piperazine rings is 1. The summed E-state index contributed by atoms with van der Waals surface area (Å²) in [6, 6.07) is 8.60. The summed E-state index contributed by atoms with van der Waals surface area (Å²) in [5.74, 6) is 0.218. The highest BCUT2D eigenvalue weighted by Crippen LogP contribution is 2.31. The molecule has 0 radical (unpaired) electrons. The second-order valence-corrected chi connectivity index (χ2v) is 9.39. The molecule has 3 aromatic rings. The molecule has 2 aromatic heterocycles. The van der Waals surface area contributed by atoms with E-state index in [0.717, 1.165) is 34.9 Å². The Hall–Kier alpha value is -2.06. The van der Waals surface area contributed by atoms with Gasteiger partial charge in [0.1, 0.15) is 11.3 Å². The number of nitrogens with zero attached hydrogens (tertiary/aromatic N) is 2. The van der Waals surface area contributed by atoms with Crippen molar-refractivity contribution in [2.45, 2.75) is 13.5 Å². The van der Waals surface area contributed by atoms with E-state index < -0.39 is 5.63 Å². The van der Waals surface area contributed by atoms with Gasteiger partial charge in [-0.15, -0.1) is 11.3 Å². The molecular formula is C21H20Cl2N2O4S. The van der Waals surface area contributed by atoms with Crippen molar-refractivity contribution in [3.63, 3.8) is 0 Å². The second-order valence-electron chi connectivity index (χ2n) is 7.18. The van der Waals surface area contributed by atoms with Crippen LogP contribution in [0.2, 0.25) is 9.36 Å². The van der Waals surface area contributed by atoms with Crippen molar-refractivity contribution in [1.29, 1.82) is 0 Å². The van der Waals surface area contributed by atoms with E-state index in [1.807, 2.05) is 19.1 Å². The standard InChI is InChI=1S/C21H20Cl2N2O4S/c1-13-8-21(27)29-17-10-18(16(22)9-15(13)17)28-12-20(26)25-6-4-24(5-7-25)11-14-2-3-19(23)30-14/h2-3,8-10H,4-7,11-12H2,1H3. The fourth-order valence-electron chi connectivity index (χ4n) is 3.47. The first kappa shape index (κ1) is 21.2. The van der Waals surface area contributed by atoms with Crippen LogP contribution in [0.4, 0.5) is 0 Å². The van der Waals surface area contributed by atoms with Gasteiger partial charge in [-0.2, -0.15) is 0 Å². The molecule has 4 rings (SSSR count). The molecule has 1 saturated heterocycles. The van der Waals surface area contributed by atoms with E-state index in [4.69, 9.17) is 32.4 Å². The summed E-state index contributed by atoms with van der Waals surface area (Å²) in [4.78, 5) is 29.5. The summed E-state index contributed by atoms with van der Waals surface area (Å²) < 4.78 is 11.7. The van der Waals surface area contributed by atoms with Gasteiger partial charge in [0.2, 0.25) is 0 Å². The maximum Gasteiger partial charge on any atom is 0.336 e. The molecule has 1 aliphatic rings. The van der Waals surface area contributed by atoms with Crippen LogP contribution in [0.5, 0.6) is 5.75 Å². The monoisotopic (exact) mass is 466 g/mol. The Bertz CT molecular complexity index is 1140. The zero-order chi connectivity index (χ0) is 21.3. The van der Waals surface area contributed by atoms with Crippen molar-refractivity contribution in [3.8, 4) is 5.75 Å². The molecule has 0 spiro atoms. The number of thiophene rings is 1. The zero-order valence-corrected chi connectivity index (χ0v) is 18.6. The molecule has 0 N–H and O–H groups in total. The lowest BCUT2D eigenvalue weighted by molar-refractivity contribution is -0.135. The van der Waals surface area contributed by atoms with Crippen LogP contribution in [0.15, 0.2) is 39.5 Å². The van der Waals surface area contributed by atoms with Gasteiger partial charge in [-0.05, 0) is 30.7 Å². The SMILES string of the molecule is Cc1cc(=O)oc2cc(OCC(=O)N3CCN(Cc4ccc(Cl)s4)CC3)c(Cl)cc12. The number of halogens is 2. The molecule has 158 valence electrons. The Morgan fingerprint density at radius 1 is 1.17 bits per heavy atom. The van der Waals surface area contributed by atoms with Crippen LogP contribution in [0.25, 0.3) is 11.0 Å². The highest BCUT2D eigenvalue weighted by Gasteiger charge is 2.22. The van der Waals surface area contributed by atoms with Crippen LogP contribution in [0.3, 0.4) is 0 Å². The molecule has 0 bridgehead atoms. The lowest BCUT2D eigenvalue weighted by atomic mass is 10.1. The lowest BCUT2D eigenvalue weighted by Crippen LogP contribution is -2.49. The van der Waals surface area contributed by atoms with Crippen molar-refractivity contribution in [3.05, 3.63) is 60.6 Å². The Balaban J connectivity index is 1.34. The molecule has 1 aliphatic heterocycles. The number of hydrogen-bond acceptors (Lipinski definition) is 6. The molecular weight excluding hydrogens is 447 g/mol. The third-order valence-corrected chi connectivity index (χ3v) is 6.60. The molecule has 0 aliphatic carbocycles. The normalized spacial score (nSPS) is 15.0. The van der Waals surface area contributed by atoms with Gasteiger partial charge in [0.25, 0.3) is 5.91 Å². The number of hydrogen-bond donors (Lipinski definition) is 0. The van der Waals surface area contributed by atoms with E-state index in [9.17, 15) is 9.59 Å². The van der Waals surface area contributed by atoms with Gasteiger partial charge in [0.05, 0.1) is 9.36 Å². The number of carbonyl (C=O) groups excluding carboxylic acids is 1. The van der Waals surface area contributed by atoms with E-state index >= 15 is 0 Å². The van der Waals surface area contributed by atoms with Crippen molar-refractivity contribution >= 4 is 51.4 Å². The fraction of sp³-hybridized carbons (Fsp3) is 0.333. The minimum atomic E-state index is -0.438. The van der Waals surface area contributed by atoms with Crippen LogP contribution in [-0.2, 0) is 11.3 Å². The van der Waals surface area contributed by atoms with Gasteiger partial charge in [-0.1, -0.05) is 23.2 Å². The number of ether oxygens (including phenoxy) is 1. The first-order valence-corrected chi connectivity index (χ1v) is 11.1. The summed E-state index contributed by atoms with van der Waals surface area (Å²) >= 11 is 13.9. The minimum Gasteiger partial charge on any atom is -0.482 e. The molecule has 0 unspecified atom stereocenters. The topological polar surface area (TPSA) is 63.0 Å². The van der Waals surface area contributed by atoms with Crippen LogP contribution in [-0.4, -0.2) is 48.5 Å². The van der Waals surface area contributed by atoms with Crippen molar-refractivity contribution < 1.29 is 13.9 Å². The largest absolute Gasteiger partial charge is 0.482 e. The van der Waals surface area contributed by atoms with Gasteiger partial charge in [0.15, 0.2) is 6.61 Å². The number of aryl methyl sites for hydroxylation is 1. The average molecular weight is 467 g/mol. The summed E-state index contributed by atoms with van der Waals surface area (Å²) in [5.41, 5.74) is 0.717. The van der Waals surface area contributed by atoms with Gasteiger partial charge in [-0.3, -0.25) is 9.69 Å². The Kier molecular flexibility index (Phi) is 6.34. The fourth-order valence-corrected chi connectivity index (χ4v) is 4.82. The molecule has 1 fully saturated rings. The van der Waals surface area contributed by atoms with Crippen molar-refractivity contribution in [2.75, 3.05) is 32.8 Å². The molecule has 0 atom stereocenters. The Labute approximate surface area is 187 Å². The Morgan fingerprint density at radius 2 is 1.93 bits per heavy atom. The minimum absolute atomic E-state index is 0.101. The van der Waals surface area contributed by atoms with Crippen molar-refractivity contribution in [1.82, 2.24) is 9.80 Å². The van der Waals surface area contributed by atoms with Crippen molar-refractivity contribution in [2.24, 2.45) is 0 Å². The number of rotatable bonds is 5. The predicted molar refractivity (Wildman–Crippen MR) is 119 cm³/mol. The van der Waals surface area contributed by atoms with Gasteiger partial charge in [0, 0.05) is 55.1 Å². The number of carbonyl (C=O) groups is 1. The quantitative estimate of drug-likeness (QED) is 0.527. The van der Waals surface area contributed by atoms with Crippen LogP contribution < -0.4 is 10.4 Å². The zero-order valence-electron chi connectivity index (χ0n) is 16.3. The Morgan fingerprint density at radius 3 is 2.63 bits per heavy atom. The molecule has 1 amide bonds. The van der Waals surface area contributed by atoms with E-state index in [1.165, 1.54) is 10.9 Å². The predicted octanol–water partition coefficient (Wildman–Crippen LogP) is 4.19. The molecule has 30 heavy (non-hydrogen) atoms. The first-order chi connectivity index (χ1) is 14.4. The summed E-state index contributed by atoms with van der Waals surface area (Å²) in [7, 11) is 0. The van der Waals surface area contributed by atoms with Crippen LogP contribution in [0, 0.1) is 6.92 Å². The summed E-state index contributed by atoms with van der Waals surface area (Å²) in [5, 5.41) is 1.10. The molecule has 9 heteroatoms. The molecule has 6 nitrogen and oxygen atoms in total. The maximum atomic E-state index is 12.6. The van der Waals surface area contributed by atoms with E-state index in [-0.39, 0.29) is 12.5 Å². The third-order valence-electron chi connectivity index (χ3n) is 5.09.